The molecule has 0 atom stereocenters. The van der Waals surface area contributed by atoms with E-state index in [1.54, 1.807) is 18.2 Å². The second-order valence-electron chi connectivity index (χ2n) is 5.56. The maximum Gasteiger partial charge on any atom is 0.255 e. The molecular formula is C19H16F2N2O4. The molecule has 0 spiro atoms. The molecule has 0 radical (unpaired) electrons. The highest BCUT2D eigenvalue weighted by molar-refractivity contribution is 5.97. The van der Waals surface area contributed by atoms with Gasteiger partial charge < -0.3 is 19.3 Å². The lowest BCUT2D eigenvalue weighted by atomic mass is 10.1. The standard InChI is InChI=1S/C19H16F2N2O4/c1-25-13-4-6-15(17(9-13)26-2)19(24)22-10-12-8-18(27-23-12)14-5-3-11(20)7-16(14)21/h3-9H,10H2,1-2H3,(H,22,24). The average Bonchev–Trinajstić information content (AvgIpc) is 3.14. The van der Waals surface area contributed by atoms with Crippen molar-refractivity contribution < 1.29 is 27.6 Å². The Hall–Kier alpha value is -3.42. The van der Waals surface area contributed by atoms with Crippen molar-refractivity contribution in [1.29, 1.82) is 0 Å². The number of amides is 1. The van der Waals surface area contributed by atoms with Crippen LogP contribution < -0.4 is 14.8 Å². The summed E-state index contributed by atoms with van der Waals surface area (Å²) in [6.45, 7) is 0.0559. The lowest BCUT2D eigenvalue weighted by Crippen LogP contribution is -2.23. The molecule has 0 bridgehead atoms. The SMILES string of the molecule is COc1ccc(C(=O)NCc2cc(-c3ccc(F)cc3F)on2)c(OC)c1. The molecule has 140 valence electrons. The summed E-state index contributed by atoms with van der Waals surface area (Å²) in [5.41, 5.74) is 0.791. The third-order valence-corrected chi connectivity index (χ3v) is 3.84. The monoisotopic (exact) mass is 374 g/mol. The number of methoxy groups -OCH3 is 2. The summed E-state index contributed by atoms with van der Waals surface area (Å²) in [7, 11) is 2.97. The highest BCUT2D eigenvalue weighted by atomic mass is 19.1. The Morgan fingerprint density at radius 2 is 1.93 bits per heavy atom. The number of hydrogen-bond donors (Lipinski definition) is 1. The Kier molecular flexibility index (Phi) is 5.35. The van der Waals surface area contributed by atoms with Gasteiger partial charge in [0.1, 0.15) is 28.8 Å². The predicted molar refractivity (Wildman–Crippen MR) is 92.6 cm³/mol. The van der Waals surface area contributed by atoms with E-state index in [0.717, 1.165) is 12.1 Å². The first kappa shape index (κ1) is 18.4. The van der Waals surface area contributed by atoms with Gasteiger partial charge in [0, 0.05) is 18.2 Å². The number of rotatable bonds is 6. The largest absolute Gasteiger partial charge is 0.497 e. The van der Waals surface area contributed by atoms with Crippen LogP contribution in [-0.4, -0.2) is 25.3 Å². The predicted octanol–water partition coefficient (Wildman–Crippen LogP) is 3.57. The smallest absolute Gasteiger partial charge is 0.255 e. The number of hydrogen-bond acceptors (Lipinski definition) is 5. The average molecular weight is 374 g/mol. The van der Waals surface area contributed by atoms with E-state index in [4.69, 9.17) is 14.0 Å². The zero-order valence-corrected chi connectivity index (χ0v) is 14.6. The molecular weight excluding hydrogens is 358 g/mol. The minimum Gasteiger partial charge on any atom is -0.497 e. The summed E-state index contributed by atoms with van der Waals surface area (Å²) in [5, 5.41) is 6.47. The molecule has 8 heteroatoms. The number of carbonyl (C=O) groups excluding carboxylic acids is 1. The minimum atomic E-state index is -0.760. The van der Waals surface area contributed by atoms with Gasteiger partial charge in [-0.2, -0.15) is 0 Å². The summed E-state index contributed by atoms with van der Waals surface area (Å²) >= 11 is 0. The van der Waals surface area contributed by atoms with E-state index in [2.05, 4.69) is 10.5 Å². The molecule has 1 aromatic heterocycles. The van der Waals surface area contributed by atoms with Gasteiger partial charge >= 0.3 is 0 Å². The number of nitrogens with zero attached hydrogens (tertiary/aromatic N) is 1. The van der Waals surface area contributed by atoms with Gasteiger partial charge in [-0.15, -0.1) is 0 Å². The Morgan fingerprint density at radius 1 is 1.11 bits per heavy atom. The highest BCUT2D eigenvalue weighted by Crippen LogP contribution is 2.26. The Bertz CT molecular complexity index is 972. The second kappa shape index (κ2) is 7.86. The van der Waals surface area contributed by atoms with Crippen LogP contribution in [0.25, 0.3) is 11.3 Å². The Morgan fingerprint density at radius 3 is 2.63 bits per heavy atom. The summed E-state index contributed by atoms with van der Waals surface area (Å²) in [6, 6.07) is 9.43. The van der Waals surface area contributed by atoms with E-state index in [1.807, 2.05) is 0 Å². The van der Waals surface area contributed by atoms with Crippen molar-refractivity contribution in [3.05, 3.63) is 65.4 Å². The van der Waals surface area contributed by atoms with Crippen LogP contribution in [0.4, 0.5) is 8.78 Å². The van der Waals surface area contributed by atoms with E-state index >= 15 is 0 Å². The second-order valence-corrected chi connectivity index (χ2v) is 5.56. The van der Waals surface area contributed by atoms with Crippen LogP contribution >= 0.6 is 0 Å². The summed E-state index contributed by atoms with van der Waals surface area (Å²) in [4.78, 5) is 12.4. The summed E-state index contributed by atoms with van der Waals surface area (Å²) < 4.78 is 42.2. The molecule has 27 heavy (non-hydrogen) atoms. The van der Waals surface area contributed by atoms with Crippen LogP contribution in [0.5, 0.6) is 11.5 Å². The van der Waals surface area contributed by atoms with Crippen LogP contribution in [0, 0.1) is 11.6 Å². The fourth-order valence-electron chi connectivity index (χ4n) is 2.46. The van der Waals surface area contributed by atoms with Crippen molar-refractivity contribution in [2.75, 3.05) is 14.2 Å². The molecule has 0 saturated heterocycles. The quantitative estimate of drug-likeness (QED) is 0.714. The number of carbonyl (C=O) groups is 1. The summed E-state index contributed by atoms with van der Waals surface area (Å²) in [5.74, 6) is -0.765. The normalized spacial score (nSPS) is 10.5. The molecule has 6 nitrogen and oxygen atoms in total. The lowest BCUT2D eigenvalue weighted by Gasteiger charge is -2.10. The van der Waals surface area contributed by atoms with E-state index in [9.17, 15) is 13.6 Å². The molecule has 0 aliphatic heterocycles. The third-order valence-electron chi connectivity index (χ3n) is 3.84. The van der Waals surface area contributed by atoms with Crippen LogP contribution in [0.15, 0.2) is 47.0 Å². The van der Waals surface area contributed by atoms with Gasteiger partial charge in [-0.05, 0) is 24.3 Å². The number of aromatic nitrogens is 1. The highest BCUT2D eigenvalue weighted by Gasteiger charge is 2.15. The number of halogens is 2. The fraction of sp³-hybridized carbons (Fsp3) is 0.158. The van der Waals surface area contributed by atoms with Crippen molar-refractivity contribution in [2.45, 2.75) is 6.54 Å². The molecule has 1 amide bonds. The first-order valence-corrected chi connectivity index (χ1v) is 7.93. The first-order chi connectivity index (χ1) is 13.0. The molecule has 1 N–H and O–H groups in total. The van der Waals surface area contributed by atoms with E-state index in [1.165, 1.54) is 26.4 Å². The van der Waals surface area contributed by atoms with Gasteiger partial charge in [0.15, 0.2) is 5.76 Å². The number of nitrogens with one attached hydrogen (secondary N) is 1. The van der Waals surface area contributed by atoms with Gasteiger partial charge in [-0.25, -0.2) is 8.78 Å². The maximum absolute atomic E-state index is 13.8. The van der Waals surface area contributed by atoms with E-state index in [0.29, 0.717) is 22.8 Å². The molecule has 1 heterocycles. The molecule has 3 aromatic rings. The summed E-state index contributed by atoms with van der Waals surface area (Å²) in [6.07, 6.45) is 0. The first-order valence-electron chi connectivity index (χ1n) is 7.93. The van der Waals surface area contributed by atoms with Crippen molar-refractivity contribution in [3.8, 4) is 22.8 Å². The van der Waals surface area contributed by atoms with Crippen LogP contribution in [0.3, 0.4) is 0 Å². The van der Waals surface area contributed by atoms with Crippen LogP contribution in [0.1, 0.15) is 16.1 Å². The van der Waals surface area contributed by atoms with E-state index in [-0.39, 0.29) is 23.8 Å². The lowest BCUT2D eigenvalue weighted by molar-refractivity contribution is 0.0947. The van der Waals surface area contributed by atoms with Gasteiger partial charge in [-0.3, -0.25) is 4.79 Å². The van der Waals surface area contributed by atoms with Gasteiger partial charge in [0.2, 0.25) is 0 Å². The third kappa shape index (κ3) is 4.05. The van der Waals surface area contributed by atoms with E-state index < -0.39 is 11.6 Å². The number of benzene rings is 2. The maximum atomic E-state index is 13.8. The molecule has 0 aliphatic carbocycles. The Labute approximate surface area is 153 Å². The van der Waals surface area contributed by atoms with Gasteiger partial charge in [0.05, 0.1) is 31.9 Å². The minimum absolute atomic E-state index is 0.0559. The van der Waals surface area contributed by atoms with Crippen LogP contribution in [-0.2, 0) is 6.54 Å². The van der Waals surface area contributed by atoms with Crippen molar-refractivity contribution >= 4 is 5.91 Å². The molecule has 0 saturated carbocycles. The Balaban J connectivity index is 1.71. The van der Waals surface area contributed by atoms with Gasteiger partial charge in [-0.1, -0.05) is 5.16 Å². The van der Waals surface area contributed by atoms with Crippen LogP contribution in [0.2, 0.25) is 0 Å². The van der Waals surface area contributed by atoms with Gasteiger partial charge in [0.25, 0.3) is 5.91 Å². The molecule has 0 aliphatic rings. The topological polar surface area (TPSA) is 73.6 Å². The molecule has 2 aromatic carbocycles. The van der Waals surface area contributed by atoms with Crippen molar-refractivity contribution in [2.24, 2.45) is 0 Å². The zero-order chi connectivity index (χ0) is 19.4. The fourth-order valence-corrected chi connectivity index (χ4v) is 2.46. The molecule has 0 unspecified atom stereocenters. The number of ether oxygens (including phenoxy) is 2. The van der Waals surface area contributed by atoms with Crippen molar-refractivity contribution in [3.63, 3.8) is 0 Å². The zero-order valence-electron chi connectivity index (χ0n) is 14.6. The molecule has 0 fully saturated rings. The van der Waals surface area contributed by atoms with Crippen molar-refractivity contribution in [1.82, 2.24) is 10.5 Å². The molecule has 3 rings (SSSR count).